The molecule has 2 aromatic carbocycles. The van der Waals surface area contributed by atoms with E-state index < -0.39 is 23.6 Å². The van der Waals surface area contributed by atoms with E-state index in [1.165, 1.54) is 19.2 Å². The minimum absolute atomic E-state index is 0.0978. The third-order valence-corrected chi connectivity index (χ3v) is 3.82. The van der Waals surface area contributed by atoms with Crippen molar-refractivity contribution in [2.75, 3.05) is 7.11 Å². The smallest absolute Gasteiger partial charge is 0.341 e. The Morgan fingerprint density at radius 1 is 1.17 bits per heavy atom. The first-order valence-corrected chi connectivity index (χ1v) is 7.30. The minimum atomic E-state index is -1.11. The van der Waals surface area contributed by atoms with Crippen LogP contribution in [0.25, 0.3) is 11.0 Å². The normalized spacial score (nSPS) is 12.2. The van der Waals surface area contributed by atoms with Gasteiger partial charge in [-0.05, 0) is 18.2 Å². The van der Waals surface area contributed by atoms with Crippen LogP contribution in [0.1, 0.15) is 27.8 Å². The highest BCUT2D eigenvalue weighted by atomic mass is 16.5. The predicted molar refractivity (Wildman–Crippen MR) is 86.0 cm³/mol. The van der Waals surface area contributed by atoms with Crippen LogP contribution in [-0.4, -0.2) is 28.4 Å². The number of phenolic OH excluding ortho intramolecular Hbond substituents is 2. The zero-order valence-corrected chi connectivity index (χ0v) is 12.9. The number of aromatic hydroxyl groups is 2. The van der Waals surface area contributed by atoms with Crippen molar-refractivity contribution in [3.05, 3.63) is 59.4 Å². The number of methoxy groups -OCH3 is 1. The summed E-state index contributed by atoms with van der Waals surface area (Å²) in [4.78, 5) is 11.5. The Hall–Kier alpha value is -2.99. The number of fused-ring (bicyclic) bond motifs is 1. The van der Waals surface area contributed by atoms with E-state index >= 15 is 0 Å². The first kappa shape index (κ1) is 15.9. The average molecular weight is 328 g/mol. The zero-order chi connectivity index (χ0) is 17.3. The number of rotatable bonds is 4. The van der Waals surface area contributed by atoms with Gasteiger partial charge in [-0.25, -0.2) is 4.79 Å². The molecule has 24 heavy (non-hydrogen) atoms. The molecular formula is C18H16O6. The van der Waals surface area contributed by atoms with E-state index in [0.29, 0.717) is 11.3 Å². The van der Waals surface area contributed by atoms with Crippen LogP contribution in [-0.2, 0) is 11.2 Å². The summed E-state index contributed by atoms with van der Waals surface area (Å²) in [5.41, 5.74) is 0.628. The summed E-state index contributed by atoms with van der Waals surface area (Å²) < 4.78 is 10.1. The number of ether oxygens (including phenoxy) is 1. The molecule has 3 aromatic rings. The van der Waals surface area contributed by atoms with Crippen LogP contribution in [0.2, 0.25) is 0 Å². The van der Waals surface area contributed by atoms with Gasteiger partial charge >= 0.3 is 5.97 Å². The van der Waals surface area contributed by atoms with E-state index in [0.717, 1.165) is 5.39 Å². The zero-order valence-electron chi connectivity index (χ0n) is 12.9. The number of para-hydroxylation sites is 1. The molecule has 6 nitrogen and oxygen atoms in total. The number of carbonyl (C=O) groups excluding carboxylic acids is 1. The van der Waals surface area contributed by atoms with Gasteiger partial charge in [-0.15, -0.1) is 0 Å². The van der Waals surface area contributed by atoms with Crippen LogP contribution in [0, 0.1) is 0 Å². The Labute approximate surface area is 137 Å². The van der Waals surface area contributed by atoms with E-state index in [1.54, 1.807) is 6.07 Å². The SMILES string of the molecule is COC(=O)c1ccc(C(O)Cc2cc3ccccc3o2)c(O)c1O. The van der Waals surface area contributed by atoms with Gasteiger partial charge in [-0.3, -0.25) is 0 Å². The second kappa shape index (κ2) is 6.25. The standard InChI is InChI=1S/C18H16O6/c1-23-18(22)13-7-6-12(16(20)17(13)21)14(19)9-11-8-10-4-2-3-5-15(10)24-11/h2-8,14,19-21H,9H2,1H3. The van der Waals surface area contributed by atoms with Gasteiger partial charge in [0, 0.05) is 17.4 Å². The van der Waals surface area contributed by atoms with Crippen molar-refractivity contribution in [3.63, 3.8) is 0 Å². The van der Waals surface area contributed by atoms with Crippen LogP contribution in [0.3, 0.4) is 0 Å². The molecule has 0 spiro atoms. The molecule has 0 aliphatic heterocycles. The summed E-state index contributed by atoms with van der Waals surface area (Å²) in [6.07, 6.45) is -0.998. The van der Waals surface area contributed by atoms with Gasteiger partial charge in [-0.2, -0.15) is 0 Å². The molecule has 0 fully saturated rings. The molecule has 0 radical (unpaired) electrons. The number of benzene rings is 2. The molecule has 0 aliphatic carbocycles. The summed E-state index contributed by atoms with van der Waals surface area (Å²) in [6, 6.07) is 11.9. The lowest BCUT2D eigenvalue weighted by molar-refractivity contribution is 0.0596. The van der Waals surface area contributed by atoms with Crippen LogP contribution in [0.5, 0.6) is 11.5 Å². The van der Waals surface area contributed by atoms with E-state index in [4.69, 9.17) is 4.42 Å². The van der Waals surface area contributed by atoms with Gasteiger partial charge in [0.25, 0.3) is 0 Å². The molecule has 124 valence electrons. The summed E-state index contributed by atoms with van der Waals surface area (Å²) in [6.45, 7) is 0. The van der Waals surface area contributed by atoms with Crippen molar-refractivity contribution < 1.29 is 29.3 Å². The van der Waals surface area contributed by atoms with E-state index in [9.17, 15) is 20.1 Å². The second-order valence-corrected chi connectivity index (χ2v) is 5.36. The molecule has 0 amide bonds. The summed E-state index contributed by atoms with van der Waals surface area (Å²) in [5, 5.41) is 31.2. The highest BCUT2D eigenvalue weighted by molar-refractivity contribution is 5.93. The summed E-state index contributed by atoms with van der Waals surface area (Å²) >= 11 is 0. The Balaban J connectivity index is 1.88. The van der Waals surface area contributed by atoms with Crippen molar-refractivity contribution in [2.45, 2.75) is 12.5 Å². The van der Waals surface area contributed by atoms with E-state index in [-0.39, 0.29) is 17.5 Å². The number of aliphatic hydroxyl groups is 1. The fraction of sp³-hybridized carbons (Fsp3) is 0.167. The maximum atomic E-state index is 11.5. The lowest BCUT2D eigenvalue weighted by Crippen LogP contribution is -2.05. The molecule has 1 atom stereocenters. The number of furan rings is 1. The van der Waals surface area contributed by atoms with E-state index in [2.05, 4.69) is 4.74 Å². The third-order valence-electron chi connectivity index (χ3n) is 3.82. The quantitative estimate of drug-likeness (QED) is 0.503. The number of hydrogen-bond donors (Lipinski definition) is 3. The van der Waals surface area contributed by atoms with Crippen molar-refractivity contribution >= 4 is 16.9 Å². The molecule has 1 aromatic heterocycles. The Bertz CT molecular complexity index is 863. The molecular weight excluding hydrogens is 312 g/mol. The maximum absolute atomic E-state index is 11.5. The first-order chi connectivity index (χ1) is 11.5. The van der Waals surface area contributed by atoms with Gasteiger partial charge in [0.05, 0.1) is 13.2 Å². The average Bonchev–Trinajstić information content (AvgIpc) is 2.98. The summed E-state index contributed by atoms with van der Waals surface area (Å²) in [7, 11) is 1.17. The Morgan fingerprint density at radius 3 is 2.62 bits per heavy atom. The lowest BCUT2D eigenvalue weighted by Gasteiger charge is -2.14. The van der Waals surface area contributed by atoms with Gasteiger partial charge < -0.3 is 24.5 Å². The largest absolute Gasteiger partial charge is 0.504 e. The summed E-state index contributed by atoms with van der Waals surface area (Å²) in [5.74, 6) is -1.41. The van der Waals surface area contributed by atoms with Crippen molar-refractivity contribution in [2.24, 2.45) is 0 Å². The number of carbonyl (C=O) groups is 1. The van der Waals surface area contributed by atoms with Crippen LogP contribution >= 0.6 is 0 Å². The fourth-order valence-corrected chi connectivity index (χ4v) is 2.58. The maximum Gasteiger partial charge on any atom is 0.341 e. The number of hydrogen-bond acceptors (Lipinski definition) is 6. The van der Waals surface area contributed by atoms with E-state index in [1.807, 2.05) is 24.3 Å². The van der Waals surface area contributed by atoms with Crippen LogP contribution in [0.4, 0.5) is 0 Å². The monoisotopic (exact) mass is 328 g/mol. The highest BCUT2D eigenvalue weighted by Gasteiger charge is 2.22. The van der Waals surface area contributed by atoms with Crippen molar-refractivity contribution in [1.29, 1.82) is 0 Å². The minimum Gasteiger partial charge on any atom is -0.504 e. The van der Waals surface area contributed by atoms with Crippen LogP contribution < -0.4 is 0 Å². The number of phenols is 2. The molecule has 6 heteroatoms. The highest BCUT2D eigenvalue weighted by Crippen LogP contribution is 2.37. The molecule has 0 bridgehead atoms. The Kier molecular flexibility index (Phi) is 4.14. The molecule has 3 rings (SSSR count). The number of esters is 1. The third kappa shape index (κ3) is 2.79. The predicted octanol–water partition coefficient (Wildman–Crippen LogP) is 2.91. The Morgan fingerprint density at radius 2 is 1.92 bits per heavy atom. The topological polar surface area (TPSA) is 100 Å². The molecule has 0 saturated heterocycles. The van der Waals surface area contributed by atoms with Crippen molar-refractivity contribution in [1.82, 2.24) is 0 Å². The first-order valence-electron chi connectivity index (χ1n) is 7.30. The van der Waals surface area contributed by atoms with Crippen LogP contribution in [0.15, 0.2) is 46.9 Å². The van der Waals surface area contributed by atoms with Gasteiger partial charge in [0.15, 0.2) is 11.5 Å². The van der Waals surface area contributed by atoms with Gasteiger partial charge in [0.1, 0.15) is 16.9 Å². The molecule has 0 aliphatic rings. The molecule has 1 heterocycles. The lowest BCUT2D eigenvalue weighted by atomic mass is 10.0. The van der Waals surface area contributed by atoms with Gasteiger partial charge in [-0.1, -0.05) is 24.3 Å². The molecule has 0 saturated carbocycles. The van der Waals surface area contributed by atoms with Crippen molar-refractivity contribution in [3.8, 4) is 11.5 Å². The number of aliphatic hydroxyl groups excluding tert-OH is 1. The molecule has 1 unspecified atom stereocenters. The van der Waals surface area contributed by atoms with Gasteiger partial charge in [0.2, 0.25) is 0 Å². The molecule has 3 N–H and O–H groups in total. The fourth-order valence-electron chi connectivity index (χ4n) is 2.58. The second-order valence-electron chi connectivity index (χ2n) is 5.36.